The highest BCUT2D eigenvalue weighted by atomic mass is 127. The predicted molar refractivity (Wildman–Crippen MR) is 89.1 cm³/mol. The Kier molecular flexibility index (Phi) is 3.43. The van der Waals surface area contributed by atoms with E-state index in [1.54, 1.807) is 5.57 Å². The summed E-state index contributed by atoms with van der Waals surface area (Å²) in [6.07, 6.45) is 19.3. The molecule has 3 heteroatoms. The van der Waals surface area contributed by atoms with Crippen LogP contribution in [0.5, 0.6) is 0 Å². The average Bonchev–Trinajstić information content (AvgIpc) is 2.77. The van der Waals surface area contributed by atoms with Crippen LogP contribution in [0.2, 0.25) is 0 Å². The van der Waals surface area contributed by atoms with Crippen molar-refractivity contribution in [1.82, 2.24) is 10.2 Å². The molecule has 0 aromatic rings. The maximum absolute atomic E-state index is 3.74. The molecule has 0 bridgehead atoms. The molecule has 19 heavy (non-hydrogen) atoms. The third kappa shape index (κ3) is 1.94. The quantitative estimate of drug-likeness (QED) is 0.664. The number of hydrogen-bond donors (Lipinski definition) is 1. The number of rotatable bonds is 0. The summed E-state index contributed by atoms with van der Waals surface area (Å²) in [5.74, 6) is 1.25. The highest BCUT2D eigenvalue weighted by molar-refractivity contribution is 14.0. The van der Waals surface area contributed by atoms with E-state index in [0.717, 1.165) is 6.42 Å². The highest BCUT2D eigenvalue weighted by Crippen LogP contribution is 2.43. The standard InChI is InChI=1S/C16H18N2.HI/c1-18-10-4-6-12-15(18)9-8-14-16(12)11-5-2-3-7-13(11)17-14;/h2-5,7-11,13-14,16-17H,6H2,1H3;1H. The van der Waals surface area contributed by atoms with E-state index in [1.165, 1.54) is 5.70 Å². The normalized spacial score (nSPS) is 37.8. The molecule has 2 aliphatic carbocycles. The number of hydrogen-bond acceptors (Lipinski definition) is 2. The van der Waals surface area contributed by atoms with E-state index in [4.69, 9.17) is 0 Å². The van der Waals surface area contributed by atoms with E-state index >= 15 is 0 Å². The van der Waals surface area contributed by atoms with Gasteiger partial charge in [0.05, 0.1) is 0 Å². The van der Waals surface area contributed by atoms with Crippen LogP contribution in [0.25, 0.3) is 0 Å². The van der Waals surface area contributed by atoms with Crippen LogP contribution >= 0.6 is 24.0 Å². The Morgan fingerprint density at radius 2 is 2.00 bits per heavy atom. The minimum Gasteiger partial charge on any atom is -0.351 e. The van der Waals surface area contributed by atoms with Gasteiger partial charge in [-0.05, 0) is 18.1 Å². The monoisotopic (exact) mass is 366 g/mol. The van der Waals surface area contributed by atoms with Crippen LogP contribution in [0.15, 0.2) is 60.0 Å². The first-order valence-electron chi connectivity index (χ1n) is 6.76. The van der Waals surface area contributed by atoms with Gasteiger partial charge in [-0.1, -0.05) is 36.5 Å². The van der Waals surface area contributed by atoms with Crippen LogP contribution < -0.4 is 5.32 Å². The van der Waals surface area contributed by atoms with Crippen molar-refractivity contribution in [3.8, 4) is 0 Å². The van der Waals surface area contributed by atoms with Gasteiger partial charge in [-0.25, -0.2) is 0 Å². The maximum Gasteiger partial charge on any atom is 0.0399 e. The second-order valence-electron chi connectivity index (χ2n) is 5.56. The molecule has 0 spiro atoms. The van der Waals surface area contributed by atoms with E-state index in [-0.39, 0.29) is 24.0 Å². The van der Waals surface area contributed by atoms with E-state index in [9.17, 15) is 0 Å². The summed E-state index contributed by atoms with van der Waals surface area (Å²) < 4.78 is 0. The zero-order valence-corrected chi connectivity index (χ0v) is 13.3. The molecule has 2 nitrogen and oxygen atoms in total. The first kappa shape index (κ1) is 13.2. The fourth-order valence-corrected chi connectivity index (χ4v) is 3.80. The van der Waals surface area contributed by atoms with Crippen molar-refractivity contribution < 1.29 is 0 Å². The SMILES string of the molecule is CN1C=CCC2=C1C=CC1NC3C=CC=CC3C21.I. The second kappa shape index (κ2) is 4.94. The Labute approximate surface area is 131 Å². The Morgan fingerprint density at radius 3 is 2.89 bits per heavy atom. The van der Waals surface area contributed by atoms with Crippen molar-refractivity contribution in [2.24, 2.45) is 11.8 Å². The molecule has 4 aliphatic rings. The summed E-state index contributed by atoms with van der Waals surface area (Å²) in [6.45, 7) is 0. The molecule has 0 amide bonds. The smallest absolute Gasteiger partial charge is 0.0399 e. The molecule has 0 aromatic carbocycles. The molecule has 0 radical (unpaired) electrons. The van der Waals surface area contributed by atoms with Gasteiger partial charge in [-0.15, -0.1) is 24.0 Å². The van der Waals surface area contributed by atoms with Gasteiger partial charge in [0.2, 0.25) is 0 Å². The molecule has 2 heterocycles. The van der Waals surface area contributed by atoms with Gasteiger partial charge < -0.3 is 10.2 Å². The molecular weight excluding hydrogens is 347 g/mol. The Morgan fingerprint density at radius 1 is 1.16 bits per heavy atom. The van der Waals surface area contributed by atoms with Crippen molar-refractivity contribution in [3.63, 3.8) is 0 Å². The summed E-state index contributed by atoms with van der Waals surface area (Å²) in [5, 5.41) is 3.74. The minimum atomic E-state index is 0. The lowest BCUT2D eigenvalue weighted by Gasteiger charge is -2.34. The first-order chi connectivity index (χ1) is 8.84. The van der Waals surface area contributed by atoms with Crippen molar-refractivity contribution in [1.29, 1.82) is 0 Å². The van der Waals surface area contributed by atoms with Gasteiger partial charge in [0.1, 0.15) is 0 Å². The van der Waals surface area contributed by atoms with Crippen LogP contribution in [0.1, 0.15) is 6.42 Å². The summed E-state index contributed by atoms with van der Waals surface area (Å²) in [5.41, 5.74) is 3.01. The van der Waals surface area contributed by atoms with Crippen LogP contribution in [-0.4, -0.2) is 24.0 Å². The summed E-state index contributed by atoms with van der Waals surface area (Å²) in [4.78, 5) is 2.25. The molecule has 1 saturated heterocycles. The molecule has 2 aliphatic heterocycles. The summed E-state index contributed by atoms with van der Waals surface area (Å²) in [6, 6.07) is 1.02. The third-order valence-corrected chi connectivity index (χ3v) is 4.60. The van der Waals surface area contributed by atoms with E-state index in [0.29, 0.717) is 23.9 Å². The Balaban J connectivity index is 0.00000110. The lowest BCUT2D eigenvalue weighted by atomic mass is 9.75. The van der Waals surface area contributed by atoms with Gasteiger partial charge in [-0.3, -0.25) is 0 Å². The molecule has 100 valence electrons. The van der Waals surface area contributed by atoms with Gasteiger partial charge >= 0.3 is 0 Å². The van der Waals surface area contributed by atoms with Crippen molar-refractivity contribution in [2.45, 2.75) is 18.5 Å². The number of nitrogens with zero attached hydrogens (tertiary/aromatic N) is 1. The van der Waals surface area contributed by atoms with Gasteiger partial charge in [0, 0.05) is 42.9 Å². The van der Waals surface area contributed by atoms with Crippen LogP contribution in [-0.2, 0) is 0 Å². The second-order valence-corrected chi connectivity index (χ2v) is 5.56. The number of nitrogens with one attached hydrogen (secondary N) is 1. The summed E-state index contributed by atoms with van der Waals surface area (Å²) >= 11 is 0. The zero-order valence-electron chi connectivity index (χ0n) is 11.0. The number of fused-ring (bicyclic) bond motifs is 4. The number of allylic oxidation sites excluding steroid dienone is 4. The average molecular weight is 366 g/mol. The molecular formula is C16H19IN2. The topological polar surface area (TPSA) is 15.3 Å². The molecule has 4 rings (SSSR count). The summed E-state index contributed by atoms with van der Waals surface area (Å²) in [7, 11) is 2.14. The lowest BCUT2D eigenvalue weighted by Crippen LogP contribution is -2.33. The zero-order chi connectivity index (χ0) is 12.1. The molecule has 4 unspecified atom stereocenters. The van der Waals surface area contributed by atoms with E-state index < -0.39 is 0 Å². The van der Waals surface area contributed by atoms with Crippen molar-refractivity contribution in [2.75, 3.05) is 7.05 Å². The molecule has 0 saturated carbocycles. The van der Waals surface area contributed by atoms with Crippen LogP contribution in [0.3, 0.4) is 0 Å². The van der Waals surface area contributed by atoms with Gasteiger partial charge in [0.25, 0.3) is 0 Å². The van der Waals surface area contributed by atoms with Crippen molar-refractivity contribution in [3.05, 3.63) is 60.0 Å². The maximum atomic E-state index is 3.74. The first-order valence-corrected chi connectivity index (χ1v) is 6.76. The molecule has 1 N–H and O–H groups in total. The largest absolute Gasteiger partial charge is 0.351 e. The fourth-order valence-electron chi connectivity index (χ4n) is 3.80. The van der Waals surface area contributed by atoms with Crippen LogP contribution in [0.4, 0.5) is 0 Å². The molecule has 0 aromatic heterocycles. The van der Waals surface area contributed by atoms with Crippen molar-refractivity contribution >= 4 is 24.0 Å². The number of likely N-dealkylation sites (N-methyl/N-ethyl adjacent to an activating group) is 1. The Bertz CT molecular complexity index is 527. The van der Waals surface area contributed by atoms with Gasteiger partial charge in [-0.2, -0.15) is 0 Å². The molecule has 1 fully saturated rings. The van der Waals surface area contributed by atoms with Crippen LogP contribution in [0, 0.1) is 11.8 Å². The van der Waals surface area contributed by atoms with E-state index in [1.807, 2.05) is 0 Å². The fraction of sp³-hybridized carbons (Fsp3) is 0.375. The third-order valence-electron chi connectivity index (χ3n) is 4.60. The predicted octanol–water partition coefficient (Wildman–Crippen LogP) is 2.98. The Hall–Kier alpha value is -0.810. The lowest BCUT2D eigenvalue weighted by molar-refractivity contribution is 0.450. The highest BCUT2D eigenvalue weighted by Gasteiger charge is 2.44. The van der Waals surface area contributed by atoms with E-state index in [2.05, 4.69) is 66.0 Å². The minimum absolute atomic E-state index is 0. The van der Waals surface area contributed by atoms with Gasteiger partial charge in [0.15, 0.2) is 0 Å². The molecule has 4 atom stereocenters. The number of halogens is 1.